The van der Waals surface area contributed by atoms with E-state index < -0.39 is 6.10 Å². The molecule has 2 unspecified atom stereocenters. The van der Waals surface area contributed by atoms with E-state index in [4.69, 9.17) is 9.47 Å². The van der Waals surface area contributed by atoms with E-state index in [9.17, 15) is 5.11 Å². The normalized spacial score (nSPS) is 23.6. The van der Waals surface area contributed by atoms with Crippen LogP contribution in [-0.2, 0) is 9.47 Å². The van der Waals surface area contributed by atoms with Gasteiger partial charge in [-0.2, -0.15) is 0 Å². The van der Waals surface area contributed by atoms with Crippen molar-refractivity contribution in [1.82, 2.24) is 5.32 Å². The van der Waals surface area contributed by atoms with Crippen LogP contribution in [0.15, 0.2) is 0 Å². The fourth-order valence-electron chi connectivity index (χ4n) is 1.59. The zero-order valence-corrected chi connectivity index (χ0v) is 10.7. The van der Waals surface area contributed by atoms with Crippen molar-refractivity contribution in [2.45, 2.75) is 51.4 Å². The van der Waals surface area contributed by atoms with E-state index in [1.54, 1.807) is 0 Å². The summed E-state index contributed by atoms with van der Waals surface area (Å²) < 4.78 is 10.9. The Morgan fingerprint density at radius 3 is 2.81 bits per heavy atom. The van der Waals surface area contributed by atoms with Crippen LogP contribution in [0, 0.1) is 0 Å². The fourth-order valence-corrected chi connectivity index (χ4v) is 1.59. The van der Waals surface area contributed by atoms with E-state index in [1.165, 1.54) is 0 Å². The van der Waals surface area contributed by atoms with Crippen LogP contribution in [0.1, 0.15) is 33.6 Å². The predicted molar refractivity (Wildman–Crippen MR) is 63.6 cm³/mol. The van der Waals surface area contributed by atoms with Gasteiger partial charge in [-0.3, -0.25) is 0 Å². The van der Waals surface area contributed by atoms with E-state index in [-0.39, 0.29) is 11.6 Å². The molecule has 1 saturated heterocycles. The minimum Gasteiger partial charge on any atom is -0.389 e. The molecule has 4 heteroatoms. The Kier molecular flexibility index (Phi) is 5.69. The lowest BCUT2D eigenvalue weighted by Crippen LogP contribution is -2.42. The first-order chi connectivity index (χ1) is 7.47. The first kappa shape index (κ1) is 13.9. The van der Waals surface area contributed by atoms with Gasteiger partial charge in [-0.05, 0) is 33.6 Å². The van der Waals surface area contributed by atoms with Crippen molar-refractivity contribution in [2.24, 2.45) is 0 Å². The fraction of sp³-hybridized carbons (Fsp3) is 1.00. The van der Waals surface area contributed by atoms with E-state index in [2.05, 4.69) is 26.1 Å². The second kappa shape index (κ2) is 6.55. The summed E-state index contributed by atoms with van der Waals surface area (Å²) in [5.41, 5.74) is 0.0372. The zero-order valence-electron chi connectivity index (χ0n) is 10.7. The van der Waals surface area contributed by atoms with Crippen molar-refractivity contribution in [3.8, 4) is 0 Å². The molecule has 0 aromatic carbocycles. The van der Waals surface area contributed by atoms with Gasteiger partial charge >= 0.3 is 0 Å². The highest BCUT2D eigenvalue weighted by molar-refractivity contribution is 4.72. The monoisotopic (exact) mass is 231 g/mol. The first-order valence-electron chi connectivity index (χ1n) is 6.10. The van der Waals surface area contributed by atoms with Crippen molar-refractivity contribution in [1.29, 1.82) is 0 Å². The molecule has 0 aliphatic carbocycles. The quantitative estimate of drug-likeness (QED) is 0.714. The van der Waals surface area contributed by atoms with Crippen LogP contribution < -0.4 is 5.32 Å². The summed E-state index contributed by atoms with van der Waals surface area (Å²) in [5.74, 6) is 0. The average molecular weight is 231 g/mol. The van der Waals surface area contributed by atoms with E-state index in [1.807, 2.05) is 0 Å². The minimum atomic E-state index is -0.444. The molecule has 1 heterocycles. The number of ether oxygens (including phenoxy) is 2. The van der Waals surface area contributed by atoms with Crippen molar-refractivity contribution in [2.75, 3.05) is 26.4 Å². The Bertz CT molecular complexity index is 185. The van der Waals surface area contributed by atoms with Crippen molar-refractivity contribution >= 4 is 0 Å². The van der Waals surface area contributed by atoms with Gasteiger partial charge in [0.25, 0.3) is 0 Å². The Morgan fingerprint density at radius 1 is 1.50 bits per heavy atom. The summed E-state index contributed by atoms with van der Waals surface area (Å²) in [6.45, 7) is 8.62. The molecule has 0 radical (unpaired) electrons. The summed E-state index contributed by atoms with van der Waals surface area (Å²) in [5, 5.41) is 12.9. The summed E-state index contributed by atoms with van der Waals surface area (Å²) >= 11 is 0. The second-order valence-electron chi connectivity index (χ2n) is 5.46. The molecule has 1 aliphatic heterocycles. The van der Waals surface area contributed by atoms with E-state index in [0.29, 0.717) is 19.8 Å². The standard InChI is InChI=1S/C12H25NO3/c1-12(2,3)13-7-10(14)8-15-9-11-5-4-6-16-11/h10-11,13-14H,4-9H2,1-3H3. The number of aliphatic hydroxyl groups is 1. The highest BCUT2D eigenvalue weighted by Crippen LogP contribution is 2.11. The smallest absolute Gasteiger partial charge is 0.0897 e. The molecular formula is C12H25NO3. The van der Waals surface area contributed by atoms with Crippen LogP contribution in [0.4, 0.5) is 0 Å². The SMILES string of the molecule is CC(C)(C)NCC(O)COCC1CCCO1. The number of hydrogen-bond donors (Lipinski definition) is 2. The van der Waals surface area contributed by atoms with Crippen LogP contribution in [0.25, 0.3) is 0 Å². The third-order valence-electron chi connectivity index (χ3n) is 2.51. The maximum Gasteiger partial charge on any atom is 0.0897 e. The van der Waals surface area contributed by atoms with Crippen LogP contribution in [0.5, 0.6) is 0 Å². The molecule has 4 nitrogen and oxygen atoms in total. The first-order valence-corrected chi connectivity index (χ1v) is 6.10. The van der Waals surface area contributed by atoms with Crippen LogP contribution >= 0.6 is 0 Å². The van der Waals surface area contributed by atoms with Gasteiger partial charge in [-0.15, -0.1) is 0 Å². The third kappa shape index (κ3) is 6.43. The van der Waals surface area contributed by atoms with Crippen molar-refractivity contribution in [3.63, 3.8) is 0 Å². The number of hydrogen-bond acceptors (Lipinski definition) is 4. The van der Waals surface area contributed by atoms with E-state index in [0.717, 1.165) is 19.4 Å². The molecule has 2 N–H and O–H groups in total. The average Bonchev–Trinajstić information content (AvgIpc) is 2.66. The molecule has 0 saturated carbocycles. The molecule has 2 atom stereocenters. The predicted octanol–water partition coefficient (Wildman–Crippen LogP) is 0.931. The summed E-state index contributed by atoms with van der Waals surface area (Å²) in [6, 6.07) is 0. The Labute approximate surface area is 98.3 Å². The van der Waals surface area contributed by atoms with Gasteiger partial charge in [0.15, 0.2) is 0 Å². The minimum absolute atomic E-state index is 0.0372. The molecule has 16 heavy (non-hydrogen) atoms. The Balaban J connectivity index is 1.99. The van der Waals surface area contributed by atoms with Crippen molar-refractivity contribution in [3.05, 3.63) is 0 Å². The van der Waals surface area contributed by atoms with Gasteiger partial charge in [0, 0.05) is 18.7 Å². The largest absolute Gasteiger partial charge is 0.389 e. The molecule has 1 aliphatic rings. The highest BCUT2D eigenvalue weighted by Gasteiger charge is 2.16. The molecule has 1 fully saturated rings. The summed E-state index contributed by atoms with van der Waals surface area (Å²) in [6.07, 6.45) is 2.00. The molecule has 0 bridgehead atoms. The van der Waals surface area contributed by atoms with Crippen LogP contribution in [0.3, 0.4) is 0 Å². The van der Waals surface area contributed by atoms with Gasteiger partial charge in [-0.1, -0.05) is 0 Å². The summed E-state index contributed by atoms with van der Waals surface area (Å²) in [4.78, 5) is 0. The lowest BCUT2D eigenvalue weighted by molar-refractivity contribution is -0.0175. The van der Waals surface area contributed by atoms with Crippen LogP contribution in [0.2, 0.25) is 0 Å². The maximum absolute atomic E-state index is 9.66. The summed E-state index contributed by atoms with van der Waals surface area (Å²) in [7, 11) is 0. The third-order valence-corrected chi connectivity index (χ3v) is 2.51. The lowest BCUT2D eigenvalue weighted by Gasteiger charge is -2.23. The number of β-amino-alcohol motifs (C(OH)–C–C–N with tert-alkyl or cyclic N) is 1. The molecule has 96 valence electrons. The van der Waals surface area contributed by atoms with Gasteiger partial charge in [0.1, 0.15) is 0 Å². The zero-order chi connectivity index (χ0) is 12.0. The Morgan fingerprint density at radius 2 is 2.25 bits per heavy atom. The van der Waals surface area contributed by atoms with E-state index >= 15 is 0 Å². The topological polar surface area (TPSA) is 50.7 Å². The van der Waals surface area contributed by atoms with Gasteiger partial charge < -0.3 is 19.9 Å². The maximum atomic E-state index is 9.66. The van der Waals surface area contributed by atoms with Gasteiger partial charge in [0.2, 0.25) is 0 Å². The molecule has 0 aromatic heterocycles. The van der Waals surface area contributed by atoms with Gasteiger partial charge in [-0.25, -0.2) is 0 Å². The molecule has 1 rings (SSSR count). The number of rotatable bonds is 6. The van der Waals surface area contributed by atoms with Crippen molar-refractivity contribution < 1.29 is 14.6 Å². The van der Waals surface area contributed by atoms with Gasteiger partial charge in [0.05, 0.1) is 25.4 Å². The molecule has 0 spiro atoms. The lowest BCUT2D eigenvalue weighted by atomic mass is 10.1. The highest BCUT2D eigenvalue weighted by atomic mass is 16.5. The Hall–Kier alpha value is -0.160. The molecule has 0 aromatic rings. The number of nitrogens with one attached hydrogen (secondary N) is 1. The molecular weight excluding hydrogens is 206 g/mol. The number of aliphatic hydroxyl groups excluding tert-OH is 1. The van der Waals surface area contributed by atoms with Crippen LogP contribution in [-0.4, -0.2) is 49.2 Å². The second-order valence-corrected chi connectivity index (χ2v) is 5.46. The molecule has 0 amide bonds.